The van der Waals surface area contributed by atoms with E-state index in [1.54, 1.807) is 19.5 Å². The van der Waals surface area contributed by atoms with E-state index in [9.17, 15) is 0 Å². The molecule has 0 saturated heterocycles. The van der Waals surface area contributed by atoms with Gasteiger partial charge in [-0.15, -0.1) is 0 Å². The van der Waals surface area contributed by atoms with Crippen LogP contribution in [0, 0.1) is 0 Å². The molecule has 2 aromatic rings. The normalized spacial score (nSPS) is 10.5. The summed E-state index contributed by atoms with van der Waals surface area (Å²) in [6.07, 6.45) is 8.47. The van der Waals surface area contributed by atoms with Gasteiger partial charge in [0.15, 0.2) is 0 Å². The maximum atomic E-state index is 5.08. The van der Waals surface area contributed by atoms with Crippen molar-refractivity contribution in [3.05, 3.63) is 42.6 Å². The Bertz CT molecular complexity index is 456. The summed E-state index contributed by atoms with van der Waals surface area (Å²) in [5.41, 5.74) is 1.18. The number of aryl methyl sites for hydroxylation is 1. The highest BCUT2D eigenvalue weighted by molar-refractivity contribution is 5.20. The number of pyridine rings is 1. The molecule has 0 aromatic carbocycles. The largest absolute Gasteiger partial charge is 0.481 e. The van der Waals surface area contributed by atoms with E-state index in [0.717, 1.165) is 26.1 Å². The minimum atomic E-state index is 0.660. The molecule has 0 aliphatic rings. The molecule has 2 heterocycles. The van der Waals surface area contributed by atoms with Gasteiger partial charge in [-0.1, -0.05) is 0 Å². The van der Waals surface area contributed by atoms with Gasteiger partial charge in [-0.3, -0.25) is 0 Å². The third kappa shape index (κ3) is 3.85. The number of nitrogens with zero attached hydrogens (tertiary/aromatic N) is 3. The molecule has 0 aliphatic heterocycles. The quantitative estimate of drug-likeness (QED) is 0.752. The van der Waals surface area contributed by atoms with Crippen molar-refractivity contribution >= 4 is 0 Å². The molecule has 0 atom stereocenters. The first-order valence-electron chi connectivity index (χ1n) is 6.04. The van der Waals surface area contributed by atoms with Crippen LogP contribution in [-0.2, 0) is 13.1 Å². The highest BCUT2D eigenvalue weighted by atomic mass is 16.5. The molecular formula is C13H18N4O. The molecular weight excluding hydrogens is 228 g/mol. The van der Waals surface area contributed by atoms with Gasteiger partial charge in [0, 0.05) is 37.7 Å². The number of hydrogen-bond donors (Lipinski definition) is 1. The minimum Gasteiger partial charge on any atom is -0.481 e. The van der Waals surface area contributed by atoms with Gasteiger partial charge in [0.25, 0.3) is 0 Å². The zero-order chi connectivity index (χ0) is 12.6. The Hall–Kier alpha value is -1.88. The lowest BCUT2D eigenvalue weighted by molar-refractivity contribution is 0.397. The van der Waals surface area contributed by atoms with Crippen molar-refractivity contribution in [2.45, 2.75) is 19.5 Å². The molecule has 0 bridgehead atoms. The van der Waals surface area contributed by atoms with Crippen molar-refractivity contribution in [1.82, 2.24) is 19.9 Å². The van der Waals surface area contributed by atoms with Crippen LogP contribution in [0.15, 0.2) is 37.1 Å². The third-order valence-corrected chi connectivity index (χ3v) is 2.67. The maximum Gasteiger partial charge on any atom is 0.213 e. The van der Waals surface area contributed by atoms with Gasteiger partial charge in [-0.2, -0.15) is 0 Å². The molecule has 96 valence electrons. The van der Waals surface area contributed by atoms with Crippen molar-refractivity contribution in [1.29, 1.82) is 0 Å². The summed E-state index contributed by atoms with van der Waals surface area (Å²) >= 11 is 0. The molecule has 0 saturated carbocycles. The van der Waals surface area contributed by atoms with Crippen molar-refractivity contribution < 1.29 is 4.74 Å². The number of ether oxygens (including phenoxy) is 1. The van der Waals surface area contributed by atoms with Crippen molar-refractivity contribution in [3.8, 4) is 5.88 Å². The van der Waals surface area contributed by atoms with Crippen molar-refractivity contribution in [2.75, 3.05) is 13.7 Å². The second kappa shape index (κ2) is 6.76. The van der Waals surface area contributed by atoms with Gasteiger partial charge in [-0.25, -0.2) is 9.97 Å². The van der Waals surface area contributed by atoms with E-state index in [0.29, 0.717) is 5.88 Å². The van der Waals surface area contributed by atoms with Crippen molar-refractivity contribution in [2.24, 2.45) is 0 Å². The van der Waals surface area contributed by atoms with Crippen LogP contribution in [0.25, 0.3) is 0 Å². The van der Waals surface area contributed by atoms with E-state index in [2.05, 4.69) is 19.9 Å². The summed E-state index contributed by atoms with van der Waals surface area (Å²) in [6.45, 7) is 2.80. The summed E-state index contributed by atoms with van der Waals surface area (Å²) in [5, 5.41) is 3.40. The average molecular weight is 246 g/mol. The molecule has 2 rings (SSSR count). The topological polar surface area (TPSA) is 52.0 Å². The Labute approximate surface area is 107 Å². The average Bonchev–Trinajstić information content (AvgIpc) is 2.92. The number of methoxy groups -OCH3 is 1. The standard InChI is InChI=1S/C13H18N4O/c1-18-13-9-12(3-5-16-13)10-14-4-2-7-17-8-6-15-11-17/h3,5-6,8-9,11,14H,2,4,7,10H2,1H3. The fraction of sp³-hybridized carbons (Fsp3) is 0.385. The monoisotopic (exact) mass is 246 g/mol. The Kier molecular flexibility index (Phi) is 4.72. The molecule has 2 aromatic heterocycles. The van der Waals surface area contributed by atoms with Crippen LogP contribution in [-0.4, -0.2) is 28.2 Å². The number of imidazole rings is 1. The minimum absolute atomic E-state index is 0.660. The lowest BCUT2D eigenvalue weighted by Gasteiger charge is -2.06. The van der Waals surface area contributed by atoms with Crippen molar-refractivity contribution in [3.63, 3.8) is 0 Å². The van der Waals surface area contributed by atoms with Gasteiger partial charge in [0.05, 0.1) is 13.4 Å². The molecule has 0 unspecified atom stereocenters. The first-order chi connectivity index (χ1) is 8.88. The van der Waals surface area contributed by atoms with Crippen LogP contribution in [0.3, 0.4) is 0 Å². The first-order valence-corrected chi connectivity index (χ1v) is 6.04. The summed E-state index contributed by atoms with van der Waals surface area (Å²) in [6, 6.07) is 3.94. The summed E-state index contributed by atoms with van der Waals surface area (Å²) in [5.74, 6) is 0.660. The number of aromatic nitrogens is 3. The van der Waals surface area contributed by atoms with Crippen LogP contribution in [0.1, 0.15) is 12.0 Å². The van der Waals surface area contributed by atoms with Gasteiger partial charge >= 0.3 is 0 Å². The zero-order valence-corrected chi connectivity index (χ0v) is 10.5. The Morgan fingerprint density at radius 2 is 2.33 bits per heavy atom. The Morgan fingerprint density at radius 3 is 3.11 bits per heavy atom. The van der Waals surface area contributed by atoms with Gasteiger partial charge < -0.3 is 14.6 Å². The highest BCUT2D eigenvalue weighted by Gasteiger charge is 1.96. The Morgan fingerprint density at radius 1 is 1.39 bits per heavy atom. The molecule has 0 fully saturated rings. The predicted molar refractivity (Wildman–Crippen MR) is 69.3 cm³/mol. The van der Waals surface area contributed by atoms with E-state index in [-0.39, 0.29) is 0 Å². The molecule has 0 spiro atoms. The van der Waals surface area contributed by atoms with Gasteiger partial charge in [0.2, 0.25) is 5.88 Å². The number of hydrogen-bond acceptors (Lipinski definition) is 4. The molecule has 5 nitrogen and oxygen atoms in total. The zero-order valence-electron chi connectivity index (χ0n) is 10.5. The fourth-order valence-electron chi connectivity index (χ4n) is 1.71. The highest BCUT2D eigenvalue weighted by Crippen LogP contribution is 2.07. The van der Waals surface area contributed by atoms with E-state index in [1.165, 1.54) is 5.56 Å². The lowest BCUT2D eigenvalue weighted by Crippen LogP contribution is -2.16. The molecule has 0 aliphatic carbocycles. The van der Waals surface area contributed by atoms with Crippen LogP contribution < -0.4 is 10.1 Å². The molecule has 0 amide bonds. The first kappa shape index (κ1) is 12.6. The van der Waals surface area contributed by atoms with E-state index >= 15 is 0 Å². The van der Waals surface area contributed by atoms with Crippen LogP contribution in [0.2, 0.25) is 0 Å². The van der Waals surface area contributed by atoms with E-state index < -0.39 is 0 Å². The van der Waals surface area contributed by atoms with E-state index in [4.69, 9.17) is 4.74 Å². The Balaban J connectivity index is 1.65. The van der Waals surface area contributed by atoms with Crippen LogP contribution >= 0.6 is 0 Å². The summed E-state index contributed by atoms with van der Waals surface area (Å²) < 4.78 is 7.16. The lowest BCUT2D eigenvalue weighted by atomic mass is 10.2. The van der Waals surface area contributed by atoms with Gasteiger partial charge in [0.1, 0.15) is 0 Å². The second-order valence-electron chi connectivity index (χ2n) is 4.04. The SMILES string of the molecule is COc1cc(CNCCCn2ccnc2)ccn1. The fourth-order valence-corrected chi connectivity index (χ4v) is 1.71. The molecule has 5 heteroatoms. The third-order valence-electron chi connectivity index (χ3n) is 2.67. The van der Waals surface area contributed by atoms with Crippen LogP contribution in [0.5, 0.6) is 5.88 Å². The number of rotatable bonds is 7. The molecule has 0 radical (unpaired) electrons. The number of nitrogens with one attached hydrogen (secondary N) is 1. The van der Waals surface area contributed by atoms with Gasteiger partial charge in [-0.05, 0) is 24.6 Å². The van der Waals surface area contributed by atoms with Crippen LogP contribution in [0.4, 0.5) is 0 Å². The summed E-state index contributed by atoms with van der Waals surface area (Å²) in [7, 11) is 1.63. The maximum absolute atomic E-state index is 5.08. The smallest absolute Gasteiger partial charge is 0.213 e. The predicted octanol–water partition coefficient (Wildman–Crippen LogP) is 1.47. The second-order valence-corrected chi connectivity index (χ2v) is 4.04. The molecule has 18 heavy (non-hydrogen) atoms. The van der Waals surface area contributed by atoms with E-state index in [1.807, 2.05) is 24.7 Å². The summed E-state index contributed by atoms with van der Waals surface area (Å²) in [4.78, 5) is 8.09. The molecule has 1 N–H and O–H groups in total.